The number of aromatic nitrogens is 1. The number of halogens is 1. The third-order valence-corrected chi connectivity index (χ3v) is 7.06. The SMILES string of the molecule is CCOC(=O)Cc1c(Sc2ccccc2)c2cc(C(C)C)ccc2n1Cc1ccc(Cl)cc1. The molecule has 0 aliphatic carbocycles. The first-order valence-electron chi connectivity index (χ1n) is 11.2. The van der Waals surface area contributed by atoms with Gasteiger partial charge in [-0.15, -0.1) is 0 Å². The minimum absolute atomic E-state index is 0.211. The molecule has 0 saturated carbocycles. The second kappa shape index (κ2) is 10.5. The summed E-state index contributed by atoms with van der Waals surface area (Å²) in [5.74, 6) is 0.203. The Balaban J connectivity index is 1.91. The highest BCUT2D eigenvalue weighted by Gasteiger charge is 2.22. The number of benzene rings is 3. The Morgan fingerprint density at radius 2 is 1.76 bits per heavy atom. The van der Waals surface area contributed by atoms with E-state index in [4.69, 9.17) is 16.3 Å². The predicted octanol–water partition coefficient (Wildman–Crippen LogP) is 7.72. The van der Waals surface area contributed by atoms with Crippen molar-refractivity contribution in [2.75, 3.05) is 6.61 Å². The molecule has 5 heteroatoms. The van der Waals surface area contributed by atoms with Gasteiger partial charge in [0, 0.05) is 38.0 Å². The van der Waals surface area contributed by atoms with Gasteiger partial charge in [0.1, 0.15) is 0 Å². The number of ether oxygens (including phenoxy) is 1. The molecule has 1 aromatic heterocycles. The smallest absolute Gasteiger partial charge is 0.311 e. The van der Waals surface area contributed by atoms with Crippen LogP contribution in [0.25, 0.3) is 10.9 Å². The van der Waals surface area contributed by atoms with E-state index >= 15 is 0 Å². The van der Waals surface area contributed by atoms with Crippen LogP contribution < -0.4 is 0 Å². The first-order chi connectivity index (χ1) is 16.0. The first kappa shape index (κ1) is 23.5. The molecule has 0 aliphatic rings. The Hall–Kier alpha value is -2.69. The molecule has 4 aromatic rings. The van der Waals surface area contributed by atoms with Gasteiger partial charge in [0.15, 0.2) is 0 Å². The van der Waals surface area contributed by atoms with E-state index in [0.717, 1.165) is 26.6 Å². The van der Waals surface area contributed by atoms with Crippen LogP contribution in [0.15, 0.2) is 82.6 Å². The summed E-state index contributed by atoms with van der Waals surface area (Å²) in [6.45, 7) is 7.27. The van der Waals surface area contributed by atoms with Gasteiger partial charge in [-0.25, -0.2) is 0 Å². The normalized spacial score (nSPS) is 11.3. The van der Waals surface area contributed by atoms with Crippen LogP contribution in [0.2, 0.25) is 5.02 Å². The lowest BCUT2D eigenvalue weighted by atomic mass is 10.0. The van der Waals surface area contributed by atoms with Crippen LogP contribution in [0.1, 0.15) is 43.5 Å². The molecule has 170 valence electrons. The van der Waals surface area contributed by atoms with Gasteiger partial charge in [-0.2, -0.15) is 0 Å². The summed E-state index contributed by atoms with van der Waals surface area (Å²) in [5.41, 5.74) is 4.51. The molecule has 0 amide bonds. The number of nitrogens with zero attached hydrogens (tertiary/aromatic N) is 1. The summed E-state index contributed by atoms with van der Waals surface area (Å²) in [4.78, 5) is 14.9. The Bertz CT molecular complexity index is 1250. The third-order valence-electron chi connectivity index (χ3n) is 5.64. The molecule has 1 heterocycles. The Kier molecular flexibility index (Phi) is 7.46. The molecule has 0 aliphatic heterocycles. The fourth-order valence-corrected chi connectivity index (χ4v) is 5.18. The average molecular weight is 478 g/mol. The number of esters is 1. The Morgan fingerprint density at radius 3 is 2.42 bits per heavy atom. The molecular formula is C28H28ClNO2S. The van der Waals surface area contributed by atoms with E-state index in [-0.39, 0.29) is 12.4 Å². The van der Waals surface area contributed by atoms with Crippen LogP contribution in [0, 0.1) is 0 Å². The largest absolute Gasteiger partial charge is 0.466 e. The molecule has 0 N–H and O–H groups in total. The quantitative estimate of drug-likeness (QED) is 0.243. The van der Waals surface area contributed by atoms with E-state index < -0.39 is 0 Å². The fourth-order valence-electron chi connectivity index (χ4n) is 3.95. The zero-order valence-corrected chi connectivity index (χ0v) is 20.7. The monoisotopic (exact) mass is 477 g/mol. The fraction of sp³-hybridized carbons (Fsp3) is 0.250. The molecule has 0 fully saturated rings. The highest BCUT2D eigenvalue weighted by Crippen LogP contribution is 2.40. The molecule has 4 rings (SSSR count). The van der Waals surface area contributed by atoms with E-state index in [9.17, 15) is 4.79 Å². The van der Waals surface area contributed by atoms with Crippen LogP contribution in [-0.2, 0) is 22.5 Å². The van der Waals surface area contributed by atoms with E-state index in [0.29, 0.717) is 24.1 Å². The van der Waals surface area contributed by atoms with Gasteiger partial charge >= 0.3 is 5.97 Å². The molecule has 33 heavy (non-hydrogen) atoms. The highest BCUT2D eigenvalue weighted by molar-refractivity contribution is 7.99. The van der Waals surface area contributed by atoms with Crippen molar-refractivity contribution in [2.45, 2.75) is 49.4 Å². The van der Waals surface area contributed by atoms with Crippen molar-refractivity contribution in [1.29, 1.82) is 0 Å². The van der Waals surface area contributed by atoms with Gasteiger partial charge in [-0.1, -0.05) is 73.6 Å². The Labute approximate surface area is 204 Å². The summed E-state index contributed by atoms with van der Waals surface area (Å²) >= 11 is 7.82. The minimum Gasteiger partial charge on any atom is -0.466 e. The summed E-state index contributed by atoms with van der Waals surface area (Å²) in [7, 11) is 0. The predicted molar refractivity (Wildman–Crippen MR) is 137 cm³/mol. The number of hydrogen-bond donors (Lipinski definition) is 0. The number of hydrogen-bond acceptors (Lipinski definition) is 3. The maximum Gasteiger partial charge on any atom is 0.311 e. The molecule has 0 saturated heterocycles. The molecule has 0 spiro atoms. The zero-order chi connectivity index (χ0) is 23.4. The molecule has 0 bridgehead atoms. The number of fused-ring (bicyclic) bond motifs is 1. The number of carbonyl (C=O) groups excluding carboxylic acids is 1. The van der Waals surface area contributed by atoms with Gasteiger partial charge in [0.2, 0.25) is 0 Å². The molecular weight excluding hydrogens is 450 g/mol. The van der Waals surface area contributed by atoms with Crippen LogP contribution in [0.4, 0.5) is 0 Å². The van der Waals surface area contributed by atoms with Crippen molar-refractivity contribution in [3.05, 3.63) is 94.6 Å². The van der Waals surface area contributed by atoms with Gasteiger partial charge in [0.25, 0.3) is 0 Å². The summed E-state index contributed by atoms with van der Waals surface area (Å²) < 4.78 is 7.61. The number of rotatable bonds is 8. The maximum absolute atomic E-state index is 12.7. The van der Waals surface area contributed by atoms with Crippen molar-refractivity contribution >= 4 is 40.2 Å². The molecule has 0 radical (unpaired) electrons. The van der Waals surface area contributed by atoms with Crippen LogP contribution in [0.3, 0.4) is 0 Å². The van der Waals surface area contributed by atoms with Gasteiger partial charge < -0.3 is 9.30 Å². The zero-order valence-electron chi connectivity index (χ0n) is 19.2. The first-order valence-corrected chi connectivity index (χ1v) is 12.4. The second-order valence-corrected chi connectivity index (χ2v) is 9.84. The third kappa shape index (κ3) is 5.45. The van der Waals surface area contributed by atoms with Crippen molar-refractivity contribution < 1.29 is 9.53 Å². The second-order valence-electron chi connectivity index (χ2n) is 8.32. The molecule has 3 aromatic carbocycles. The summed E-state index contributed by atoms with van der Waals surface area (Å²) in [6.07, 6.45) is 0.224. The molecule has 0 unspecified atom stereocenters. The van der Waals surface area contributed by atoms with E-state index in [1.165, 1.54) is 10.9 Å². The minimum atomic E-state index is -0.211. The van der Waals surface area contributed by atoms with Gasteiger partial charge in [-0.3, -0.25) is 4.79 Å². The highest BCUT2D eigenvalue weighted by atomic mass is 35.5. The van der Waals surface area contributed by atoms with E-state index in [1.54, 1.807) is 11.8 Å². The summed E-state index contributed by atoms with van der Waals surface area (Å²) in [6, 6.07) is 24.8. The van der Waals surface area contributed by atoms with Crippen molar-refractivity contribution in [3.63, 3.8) is 0 Å². The van der Waals surface area contributed by atoms with E-state index in [1.807, 2.05) is 49.4 Å². The van der Waals surface area contributed by atoms with Gasteiger partial charge in [0.05, 0.1) is 13.0 Å². The van der Waals surface area contributed by atoms with Crippen molar-refractivity contribution in [1.82, 2.24) is 4.57 Å². The average Bonchev–Trinajstić information content (AvgIpc) is 3.08. The standard InChI is InChI=1S/C28H28ClNO2S/c1-4-32-27(31)17-26-28(33-23-8-6-5-7-9-23)24-16-21(19(2)3)12-15-25(24)30(26)18-20-10-13-22(29)14-11-20/h5-16,19H,4,17-18H2,1-3H3. The van der Waals surface area contributed by atoms with Gasteiger partial charge in [-0.05, 0) is 60.4 Å². The number of carbonyl (C=O) groups is 1. The lowest BCUT2D eigenvalue weighted by molar-refractivity contribution is -0.142. The lowest BCUT2D eigenvalue weighted by Crippen LogP contribution is -2.13. The van der Waals surface area contributed by atoms with Crippen LogP contribution in [-0.4, -0.2) is 17.1 Å². The van der Waals surface area contributed by atoms with Crippen LogP contribution >= 0.6 is 23.4 Å². The molecule has 3 nitrogen and oxygen atoms in total. The van der Waals surface area contributed by atoms with E-state index in [2.05, 4.69) is 48.7 Å². The van der Waals surface area contributed by atoms with Crippen molar-refractivity contribution in [2.24, 2.45) is 0 Å². The molecule has 0 atom stereocenters. The van der Waals surface area contributed by atoms with Crippen molar-refractivity contribution in [3.8, 4) is 0 Å². The van der Waals surface area contributed by atoms with Crippen LogP contribution in [0.5, 0.6) is 0 Å². The Morgan fingerprint density at radius 1 is 1.03 bits per heavy atom. The maximum atomic E-state index is 12.7. The summed E-state index contributed by atoms with van der Waals surface area (Å²) in [5, 5.41) is 1.88. The topological polar surface area (TPSA) is 31.2 Å². The lowest BCUT2D eigenvalue weighted by Gasteiger charge is -2.13.